The molecule has 1 aromatic heterocycles. The van der Waals surface area contributed by atoms with Gasteiger partial charge in [0.2, 0.25) is 11.7 Å². The maximum absolute atomic E-state index is 11.5. The number of methoxy groups -OCH3 is 1. The first kappa shape index (κ1) is 16.4. The fourth-order valence-corrected chi connectivity index (χ4v) is 1.83. The highest BCUT2D eigenvalue weighted by Crippen LogP contribution is 2.25. The first-order valence-electron chi connectivity index (χ1n) is 6.33. The van der Waals surface area contributed by atoms with E-state index in [4.69, 9.17) is 21.6 Å². The van der Waals surface area contributed by atoms with Crippen molar-refractivity contribution in [1.82, 2.24) is 20.6 Å². The smallest absolute Gasteiger partial charge is 0.250 e. The Bertz CT molecular complexity index is 752. The largest absolute Gasteiger partial charge is 0.375 e. The Morgan fingerprint density at radius 2 is 2.39 bits per heavy atom. The number of benzene rings is 1. The van der Waals surface area contributed by atoms with Gasteiger partial charge in [0.1, 0.15) is 18.2 Å². The van der Waals surface area contributed by atoms with Gasteiger partial charge in [0.15, 0.2) is 0 Å². The molecule has 1 heterocycles. The van der Waals surface area contributed by atoms with E-state index >= 15 is 0 Å². The zero-order valence-corrected chi connectivity index (χ0v) is 12.8. The van der Waals surface area contributed by atoms with Gasteiger partial charge < -0.3 is 15.4 Å². The number of allylic oxidation sites excluding steroid dienone is 1. The number of halogens is 1. The zero-order valence-electron chi connectivity index (χ0n) is 12.0. The van der Waals surface area contributed by atoms with Crippen LogP contribution in [0.3, 0.4) is 0 Å². The van der Waals surface area contributed by atoms with Gasteiger partial charge in [-0.25, -0.2) is 0 Å². The fourth-order valence-electron chi connectivity index (χ4n) is 1.60. The number of tetrazole rings is 1. The number of aromatic nitrogens is 4. The Kier molecular flexibility index (Phi) is 5.62. The lowest BCUT2D eigenvalue weighted by atomic mass is 10.2. The van der Waals surface area contributed by atoms with Crippen LogP contribution < -0.4 is 10.6 Å². The average molecular weight is 334 g/mol. The molecule has 2 aromatic rings. The third kappa shape index (κ3) is 4.50. The van der Waals surface area contributed by atoms with Gasteiger partial charge in [-0.05, 0) is 23.4 Å². The molecule has 0 saturated carbocycles. The highest BCUT2D eigenvalue weighted by atomic mass is 35.5. The van der Waals surface area contributed by atoms with Gasteiger partial charge in [0.05, 0.1) is 10.7 Å². The van der Waals surface area contributed by atoms with E-state index in [0.29, 0.717) is 16.4 Å². The molecule has 1 amide bonds. The number of aromatic amines is 1. The van der Waals surface area contributed by atoms with E-state index in [-0.39, 0.29) is 23.9 Å². The van der Waals surface area contributed by atoms with Gasteiger partial charge in [-0.15, -0.1) is 10.2 Å². The SMILES string of the molecule is COCC(=O)Nc1ccc(NC=C(C#N)c2nn[nH]n2)cc1Cl. The van der Waals surface area contributed by atoms with Crippen molar-refractivity contribution in [3.05, 3.63) is 35.2 Å². The van der Waals surface area contributed by atoms with Crippen molar-refractivity contribution in [1.29, 1.82) is 5.26 Å². The number of carbonyl (C=O) groups is 1. The number of carbonyl (C=O) groups excluding carboxylic acids is 1. The summed E-state index contributed by atoms with van der Waals surface area (Å²) in [5.74, 6) is -0.131. The van der Waals surface area contributed by atoms with Crippen molar-refractivity contribution in [3.63, 3.8) is 0 Å². The molecule has 0 atom stereocenters. The van der Waals surface area contributed by atoms with Crippen LogP contribution in [-0.2, 0) is 9.53 Å². The van der Waals surface area contributed by atoms with E-state index in [1.165, 1.54) is 13.3 Å². The first-order valence-corrected chi connectivity index (χ1v) is 6.70. The molecule has 0 bridgehead atoms. The van der Waals surface area contributed by atoms with Crippen molar-refractivity contribution in [2.75, 3.05) is 24.4 Å². The van der Waals surface area contributed by atoms with Crippen LogP contribution in [0.1, 0.15) is 5.82 Å². The highest BCUT2D eigenvalue weighted by molar-refractivity contribution is 6.34. The standard InChI is InChI=1S/C13H12ClN7O2/c1-23-7-12(22)17-11-3-2-9(4-10(11)14)16-6-8(5-15)13-18-20-21-19-13/h2-4,6,16H,7H2,1H3,(H,17,22)(H,18,19,20,21). The van der Waals surface area contributed by atoms with Crippen LogP contribution in [0.4, 0.5) is 11.4 Å². The monoisotopic (exact) mass is 333 g/mol. The number of hydrogen-bond acceptors (Lipinski definition) is 7. The molecule has 2 rings (SSSR count). The molecule has 0 saturated heterocycles. The number of nitriles is 1. The molecule has 0 fully saturated rings. The number of H-pyrrole nitrogens is 1. The molecule has 0 aliphatic rings. The lowest BCUT2D eigenvalue weighted by molar-refractivity contribution is -0.119. The Hall–Kier alpha value is -2.96. The molecule has 0 radical (unpaired) electrons. The lowest BCUT2D eigenvalue weighted by Crippen LogP contribution is -2.17. The van der Waals surface area contributed by atoms with E-state index < -0.39 is 0 Å². The first-order chi connectivity index (χ1) is 11.1. The van der Waals surface area contributed by atoms with Crippen molar-refractivity contribution in [2.24, 2.45) is 0 Å². The summed E-state index contributed by atoms with van der Waals surface area (Å²) in [6.07, 6.45) is 1.43. The zero-order chi connectivity index (χ0) is 16.7. The molecule has 0 aliphatic heterocycles. The fraction of sp³-hybridized carbons (Fsp3) is 0.154. The normalized spacial score (nSPS) is 10.9. The molecule has 9 nitrogen and oxygen atoms in total. The molecule has 0 spiro atoms. The van der Waals surface area contributed by atoms with Crippen LogP contribution in [0, 0.1) is 11.3 Å². The maximum Gasteiger partial charge on any atom is 0.250 e. The van der Waals surface area contributed by atoms with Gasteiger partial charge >= 0.3 is 0 Å². The predicted molar refractivity (Wildman–Crippen MR) is 83.3 cm³/mol. The molecule has 3 N–H and O–H groups in total. The molecule has 23 heavy (non-hydrogen) atoms. The van der Waals surface area contributed by atoms with Crippen molar-refractivity contribution in [2.45, 2.75) is 0 Å². The van der Waals surface area contributed by atoms with Crippen LogP contribution in [0.15, 0.2) is 24.4 Å². The van der Waals surface area contributed by atoms with E-state index in [0.717, 1.165) is 0 Å². The number of anilines is 2. The van der Waals surface area contributed by atoms with Crippen molar-refractivity contribution in [3.8, 4) is 6.07 Å². The summed E-state index contributed by atoms with van der Waals surface area (Å²) in [6.45, 7) is -0.0602. The van der Waals surface area contributed by atoms with Gasteiger partial charge in [-0.3, -0.25) is 4.79 Å². The molecule has 1 aromatic carbocycles. The lowest BCUT2D eigenvalue weighted by Gasteiger charge is -2.08. The van der Waals surface area contributed by atoms with Crippen molar-refractivity contribution < 1.29 is 9.53 Å². The third-order valence-electron chi connectivity index (χ3n) is 2.61. The van der Waals surface area contributed by atoms with E-state index in [1.54, 1.807) is 18.2 Å². The molecular weight excluding hydrogens is 322 g/mol. The number of rotatable bonds is 6. The molecule has 118 valence electrons. The van der Waals surface area contributed by atoms with Gasteiger partial charge in [0.25, 0.3) is 0 Å². The minimum atomic E-state index is -0.307. The number of nitrogens with zero attached hydrogens (tertiary/aromatic N) is 4. The predicted octanol–water partition coefficient (Wildman–Crippen LogP) is 1.41. The second kappa shape index (κ2) is 7.88. The second-order valence-corrected chi connectivity index (χ2v) is 4.63. The topological polar surface area (TPSA) is 129 Å². The second-order valence-electron chi connectivity index (χ2n) is 4.23. The summed E-state index contributed by atoms with van der Waals surface area (Å²) >= 11 is 6.10. The minimum Gasteiger partial charge on any atom is -0.375 e. The number of nitrogens with one attached hydrogen (secondary N) is 3. The summed E-state index contributed by atoms with van der Waals surface area (Å²) in [5, 5.41) is 28.0. The summed E-state index contributed by atoms with van der Waals surface area (Å²) in [7, 11) is 1.43. The number of ether oxygens (including phenoxy) is 1. The van der Waals surface area contributed by atoms with E-state index in [1.807, 2.05) is 6.07 Å². The average Bonchev–Trinajstić information content (AvgIpc) is 3.05. The number of hydrogen-bond donors (Lipinski definition) is 3. The molecule has 0 aliphatic carbocycles. The summed E-state index contributed by atoms with van der Waals surface area (Å²) in [5.41, 5.74) is 1.28. The summed E-state index contributed by atoms with van der Waals surface area (Å²) < 4.78 is 4.73. The molecule has 0 unspecified atom stereocenters. The Labute approximate surface area is 136 Å². The Balaban J connectivity index is 2.09. The Morgan fingerprint density at radius 3 is 3.00 bits per heavy atom. The van der Waals surface area contributed by atoms with Gasteiger partial charge in [0, 0.05) is 19.0 Å². The van der Waals surface area contributed by atoms with Crippen molar-refractivity contribution >= 4 is 34.5 Å². The summed E-state index contributed by atoms with van der Waals surface area (Å²) in [4.78, 5) is 11.5. The van der Waals surface area contributed by atoms with Crippen LogP contribution in [0.2, 0.25) is 5.02 Å². The van der Waals surface area contributed by atoms with Crippen LogP contribution in [0.5, 0.6) is 0 Å². The highest BCUT2D eigenvalue weighted by Gasteiger charge is 2.08. The van der Waals surface area contributed by atoms with E-state index in [9.17, 15) is 4.79 Å². The van der Waals surface area contributed by atoms with Crippen LogP contribution in [0.25, 0.3) is 5.57 Å². The van der Waals surface area contributed by atoms with Crippen LogP contribution >= 0.6 is 11.6 Å². The number of amides is 1. The summed E-state index contributed by atoms with van der Waals surface area (Å²) in [6, 6.07) is 6.88. The van der Waals surface area contributed by atoms with Gasteiger partial charge in [-0.2, -0.15) is 10.5 Å². The Morgan fingerprint density at radius 1 is 1.57 bits per heavy atom. The minimum absolute atomic E-state index is 0.0602. The van der Waals surface area contributed by atoms with Gasteiger partial charge in [-0.1, -0.05) is 11.6 Å². The van der Waals surface area contributed by atoms with Crippen LogP contribution in [-0.4, -0.2) is 40.2 Å². The molecule has 10 heteroatoms. The maximum atomic E-state index is 11.5. The molecular formula is C13H12ClN7O2. The van der Waals surface area contributed by atoms with E-state index in [2.05, 4.69) is 31.3 Å². The third-order valence-corrected chi connectivity index (χ3v) is 2.92. The quantitative estimate of drug-likeness (QED) is 0.681.